The molecule has 0 aromatic heterocycles. The second-order valence-corrected chi connectivity index (χ2v) is 5.48. The molecule has 2 atom stereocenters. The van der Waals surface area contributed by atoms with E-state index < -0.39 is 5.97 Å². The number of nitrogens with zero attached hydrogens (tertiary/aromatic N) is 2. The average molecular weight is 262 g/mol. The molecular weight excluding hydrogens is 240 g/mol. The van der Waals surface area contributed by atoms with Crippen molar-refractivity contribution in [1.82, 2.24) is 9.80 Å². The van der Waals surface area contributed by atoms with Crippen LogP contribution in [0.4, 0.5) is 0 Å². The summed E-state index contributed by atoms with van der Waals surface area (Å²) in [6.45, 7) is 4.81. The number of likely N-dealkylation sites (N-methyl/N-ethyl adjacent to an activating group) is 1. The van der Waals surface area contributed by atoms with Crippen molar-refractivity contribution in [2.45, 2.75) is 32.0 Å². The van der Waals surface area contributed by atoms with Gasteiger partial charge in [0.15, 0.2) is 0 Å². The monoisotopic (exact) mass is 262 g/mol. The number of carboxylic acid groups (broad SMARTS) is 1. The van der Waals surface area contributed by atoms with Gasteiger partial charge in [0.05, 0.1) is 6.42 Å². The predicted octanol–water partition coefficient (Wildman–Crippen LogP) is 1.67. The Morgan fingerprint density at radius 2 is 2.00 bits per heavy atom. The van der Waals surface area contributed by atoms with E-state index in [1.54, 1.807) is 0 Å². The summed E-state index contributed by atoms with van der Waals surface area (Å²) in [6, 6.07) is 10.7. The van der Waals surface area contributed by atoms with Gasteiger partial charge in [-0.3, -0.25) is 9.69 Å². The lowest BCUT2D eigenvalue weighted by Gasteiger charge is -2.44. The van der Waals surface area contributed by atoms with Gasteiger partial charge in [0.25, 0.3) is 0 Å². The lowest BCUT2D eigenvalue weighted by Crippen LogP contribution is -2.56. The first-order chi connectivity index (χ1) is 9.06. The molecular formula is C15H22N2O2. The normalized spacial score (nSPS) is 25.4. The fraction of sp³-hybridized carbons (Fsp3) is 0.533. The van der Waals surface area contributed by atoms with Crippen LogP contribution in [0.2, 0.25) is 0 Å². The highest BCUT2D eigenvalue weighted by atomic mass is 16.4. The third kappa shape index (κ3) is 3.78. The van der Waals surface area contributed by atoms with Crippen LogP contribution in [0.5, 0.6) is 0 Å². The molecule has 4 nitrogen and oxygen atoms in total. The molecule has 1 aromatic carbocycles. The van der Waals surface area contributed by atoms with Crippen molar-refractivity contribution >= 4 is 5.97 Å². The van der Waals surface area contributed by atoms with Gasteiger partial charge in [-0.25, -0.2) is 0 Å². The molecule has 4 heteroatoms. The lowest BCUT2D eigenvalue weighted by atomic mass is 10.0. The number of piperazine rings is 1. The van der Waals surface area contributed by atoms with Crippen molar-refractivity contribution in [3.63, 3.8) is 0 Å². The fourth-order valence-electron chi connectivity index (χ4n) is 2.92. The Kier molecular flexibility index (Phi) is 4.56. The van der Waals surface area contributed by atoms with Gasteiger partial charge in [0.1, 0.15) is 0 Å². The lowest BCUT2D eigenvalue weighted by molar-refractivity contribution is -0.139. The van der Waals surface area contributed by atoms with Crippen molar-refractivity contribution < 1.29 is 9.90 Å². The Hall–Kier alpha value is -1.39. The van der Waals surface area contributed by atoms with E-state index in [2.05, 4.69) is 35.9 Å². The molecule has 1 aromatic rings. The fourth-order valence-corrected chi connectivity index (χ4v) is 2.92. The maximum atomic E-state index is 11.0. The molecule has 1 aliphatic heterocycles. The maximum absolute atomic E-state index is 11.0. The van der Waals surface area contributed by atoms with Crippen molar-refractivity contribution in [2.75, 3.05) is 20.1 Å². The number of aliphatic carboxylic acids is 1. The number of hydrogen-bond acceptors (Lipinski definition) is 3. The SMILES string of the molecule is C[C@@H]1CN(C)C[C@H](CC(=O)O)N1Cc1ccccc1. The van der Waals surface area contributed by atoms with Crippen LogP contribution >= 0.6 is 0 Å². The van der Waals surface area contributed by atoms with Crippen LogP contribution in [0.25, 0.3) is 0 Å². The van der Waals surface area contributed by atoms with Gasteiger partial charge in [-0.05, 0) is 19.5 Å². The van der Waals surface area contributed by atoms with Crippen LogP contribution in [0.1, 0.15) is 18.9 Å². The van der Waals surface area contributed by atoms with Crippen LogP contribution in [-0.2, 0) is 11.3 Å². The average Bonchev–Trinajstić information content (AvgIpc) is 2.34. The molecule has 0 unspecified atom stereocenters. The molecule has 0 spiro atoms. The van der Waals surface area contributed by atoms with Gasteiger partial charge < -0.3 is 10.0 Å². The molecule has 0 radical (unpaired) electrons. The predicted molar refractivity (Wildman–Crippen MR) is 75.0 cm³/mol. The van der Waals surface area contributed by atoms with Gasteiger partial charge in [0.2, 0.25) is 0 Å². The highest BCUT2D eigenvalue weighted by Gasteiger charge is 2.31. The van der Waals surface area contributed by atoms with E-state index in [0.717, 1.165) is 19.6 Å². The first kappa shape index (κ1) is 14.0. The standard InChI is InChI=1S/C15H22N2O2/c1-12-9-16(2)11-14(8-15(18)19)17(12)10-13-6-4-3-5-7-13/h3-7,12,14H,8-11H2,1-2H3,(H,18,19)/t12-,14+/m1/s1. The van der Waals surface area contributed by atoms with Crippen LogP contribution in [0, 0.1) is 0 Å². The zero-order valence-electron chi connectivity index (χ0n) is 11.6. The van der Waals surface area contributed by atoms with Gasteiger partial charge >= 0.3 is 5.97 Å². The third-order valence-electron chi connectivity index (χ3n) is 3.75. The first-order valence-corrected chi connectivity index (χ1v) is 6.76. The highest BCUT2D eigenvalue weighted by molar-refractivity contribution is 5.67. The summed E-state index contributed by atoms with van der Waals surface area (Å²) in [5.41, 5.74) is 1.24. The minimum absolute atomic E-state index is 0.0893. The largest absolute Gasteiger partial charge is 0.481 e. The third-order valence-corrected chi connectivity index (χ3v) is 3.75. The number of carbonyl (C=O) groups is 1. The molecule has 0 bridgehead atoms. The van der Waals surface area contributed by atoms with Crippen LogP contribution in [0.15, 0.2) is 30.3 Å². The van der Waals surface area contributed by atoms with E-state index in [1.165, 1.54) is 5.56 Å². The topological polar surface area (TPSA) is 43.8 Å². The molecule has 19 heavy (non-hydrogen) atoms. The first-order valence-electron chi connectivity index (χ1n) is 6.76. The minimum atomic E-state index is -0.717. The highest BCUT2D eigenvalue weighted by Crippen LogP contribution is 2.20. The van der Waals surface area contributed by atoms with Crippen molar-refractivity contribution in [3.8, 4) is 0 Å². The zero-order valence-corrected chi connectivity index (χ0v) is 11.6. The molecule has 2 rings (SSSR count). The van der Waals surface area contributed by atoms with Gasteiger partial charge in [0, 0.05) is 31.7 Å². The molecule has 1 heterocycles. The minimum Gasteiger partial charge on any atom is -0.481 e. The van der Waals surface area contributed by atoms with Crippen molar-refractivity contribution in [1.29, 1.82) is 0 Å². The summed E-state index contributed by atoms with van der Waals surface area (Å²) in [6.07, 6.45) is 0.210. The summed E-state index contributed by atoms with van der Waals surface area (Å²) in [5, 5.41) is 9.08. The molecule has 1 N–H and O–H groups in total. The van der Waals surface area contributed by atoms with Crippen molar-refractivity contribution in [3.05, 3.63) is 35.9 Å². The van der Waals surface area contributed by atoms with Crippen LogP contribution in [-0.4, -0.2) is 53.1 Å². The van der Waals surface area contributed by atoms with E-state index in [0.29, 0.717) is 6.04 Å². The number of carboxylic acids is 1. The smallest absolute Gasteiger partial charge is 0.304 e. The molecule has 1 fully saturated rings. The van der Waals surface area contributed by atoms with E-state index >= 15 is 0 Å². The zero-order chi connectivity index (χ0) is 13.8. The van der Waals surface area contributed by atoms with Crippen LogP contribution in [0.3, 0.4) is 0 Å². The molecule has 1 aliphatic rings. The van der Waals surface area contributed by atoms with E-state index in [4.69, 9.17) is 5.11 Å². The molecule has 0 aliphatic carbocycles. The Bertz CT molecular complexity index is 421. The Balaban J connectivity index is 2.11. The van der Waals surface area contributed by atoms with Crippen LogP contribution < -0.4 is 0 Å². The maximum Gasteiger partial charge on any atom is 0.304 e. The van der Waals surface area contributed by atoms with E-state index in [9.17, 15) is 4.79 Å². The molecule has 0 saturated carbocycles. The summed E-state index contributed by atoms with van der Waals surface area (Å²) in [5.74, 6) is -0.717. The summed E-state index contributed by atoms with van der Waals surface area (Å²) >= 11 is 0. The quantitative estimate of drug-likeness (QED) is 0.896. The number of rotatable bonds is 4. The summed E-state index contributed by atoms with van der Waals surface area (Å²) < 4.78 is 0. The molecule has 104 valence electrons. The van der Waals surface area contributed by atoms with Gasteiger partial charge in [-0.15, -0.1) is 0 Å². The second kappa shape index (κ2) is 6.17. The Labute approximate surface area is 114 Å². The van der Waals surface area contributed by atoms with Gasteiger partial charge in [-0.1, -0.05) is 30.3 Å². The number of hydrogen-bond donors (Lipinski definition) is 1. The second-order valence-electron chi connectivity index (χ2n) is 5.48. The molecule has 0 amide bonds. The number of benzene rings is 1. The molecule has 1 saturated heterocycles. The van der Waals surface area contributed by atoms with E-state index in [1.807, 2.05) is 18.2 Å². The summed E-state index contributed by atoms with van der Waals surface area (Å²) in [7, 11) is 2.06. The Morgan fingerprint density at radius 1 is 1.32 bits per heavy atom. The Morgan fingerprint density at radius 3 is 2.63 bits per heavy atom. The van der Waals surface area contributed by atoms with Crippen molar-refractivity contribution in [2.24, 2.45) is 0 Å². The van der Waals surface area contributed by atoms with E-state index in [-0.39, 0.29) is 12.5 Å². The van der Waals surface area contributed by atoms with Gasteiger partial charge in [-0.2, -0.15) is 0 Å². The summed E-state index contributed by atoms with van der Waals surface area (Å²) in [4.78, 5) is 15.6.